The van der Waals surface area contributed by atoms with E-state index in [-0.39, 0.29) is 12.5 Å². The van der Waals surface area contributed by atoms with Gasteiger partial charge >= 0.3 is 5.97 Å². The van der Waals surface area contributed by atoms with E-state index < -0.39 is 17.5 Å². The summed E-state index contributed by atoms with van der Waals surface area (Å²) in [7, 11) is 2.81. The summed E-state index contributed by atoms with van der Waals surface area (Å²) in [6.45, 7) is 5.46. The number of carbonyl (C=O) groups excluding carboxylic acids is 1. The molecule has 4 nitrogen and oxygen atoms in total. The van der Waals surface area contributed by atoms with Gasteiger partial charge in [0.1, 0.15) is 5.60 Å². The van der Waals surface area contributed by atoms with Gasteiger partial charge in [-0.15, -0.1) is 0 Å². The van der Waals surface area contributed by atoms with Gasteiger partial charge in [0.05, 0.1) is 19.6 Å². The molecule has 4 heteroatoms. The third kappa shape index (κ3) is 2.69. The number of hydrogen-bond acceptors (Lipinski definition) is 4. The highest BCUT2D eigenvalue weighted by Crippen LogP contribution is 2.27. The lowest BCUT2D eigenvalue weighted by Crippen LogP contribution is -2.49. The van der Waals surface area contributed by atoms with Crippen LogP contribution in [0.3, 0.4) is 0 Å². The second kappa shape index (κ2) is 5.32. The summed E-state index contributed by atoms with van der Waals surface area (Å²) in [5.74, 6) is -1.08. The van der Waals surface area contributed by atoms with Crippen molar-refractivity contribution in [1.82, 2.24) is 0 Å². The Balaban J connectivity index is 4.72. The minimum atomic E-state index is -1.16. The molecule has 0 saturated carbocycles. The first-order valence-electron chi connectivity index (χ1n) is 4.69. The van der Waals surface area contributed by atoms with E-state index in [1.54, 1.807) is 6.92 Å². The maximum absolute atomic E-state index is 11.3. The molecule has 0 aromatic rings. The molecule has 0 aliphatic heterocycles. The van der Waals surface area contributed by atoms with E-state index in [1.165, 1.54) is 14.2 Å². The molecule has 0 aromatic carbocycles. The number of methoxy groups -OCH3 is 2. The molecule has 14 heavy (non-hydrogen) atoms. The van der Waals surface area contributed by atoms with E-state index in [0.717, 1.165) is 0 Å². The second-order valence-electron chi connectivity index (χ2n) is 3.82. The smallest absolute Gasteiger partial charge is 0.311 e. The summed E-state index contributed by atoms with van der Waals surface area (Å²) in [4.78, 5) is 11.3. The molecule has 0 rings (SSSR count). The fourth-order valence-electron chi connectivity index (χ4n) is 1.40. The molecule has 0 bridgehead atoms. The number of rotatable bonds is 5. The zero-order chi connectivity index (χ0) is 11.4. The fourth-order valence-corrected chi connectivity index (χ4v) is 1.40. The van der Waals surface area contributed by atoms with Gasteiger partial charge in [0, 0.05) is 7.11 Å². The Morgan fingerprint density at radius 3 is 2.14 bits per heavy atom. The van der Waals surface area contributed by atoms with Crippen LogP contribution < -0.4 is 0 Å². The van der Waals surface area contributed by atoms with Gasteiger partial charge in [-0.3, -0.25) is 4.79 Å². The molecule has 0 radical (unpaired) electrons. The number of esters is 1. The molecule has 0 saturated heterocycles. The monoisotopic (exact) mass is 204 g/mol. The first-order valence-corrected chi connectivity index (χ1v) is 4.69. The highest BCUT2D eigenvalue weighted by Gasteiger charge is 2.41. The molecule has 0 heterocycles. The van der Waals surface area contributed by atoms with Gasteiger partial charge in [-0.25, -0.2) is 0 Å². The largest absolute Gasteiger partial charge is 0.469 e. The third-order valence-electron chi connectivity index (χ3n) is 2.68. The van der Waals surface area contributed by atoms with Gasteiger partial charge in [0.15, 0.2) is 0 Å². The van der Waals surface area contributed by atoms with Gasteiger partial charge in [-0.2, -0.15) is 0 Å². The van der Waals surface area contributed by atoms with E-state index in [0.29, 0.717) is 0 Å². The molecule has 0 amide bonds. The Hall–Kier alpha value is -0.610. The van der Waals surface area contributed by atoms with Gasteiger partial charge in [0.2, 0.25) is 0 Å². The molecular formula is C10H20O4. The SMILES string of the molecule is COCC(O)(C(C)C)C(C)C(=O)OC. The molecule has 0 aromatic heterocycles. The van der Waals surface area contributed by atoms with Crippen molar-refractivity contribution in [2.75, 3.05) is 20.8 Å². The molecular weight excluding hydrogens is 184 g/mol. The van der Waals surface area contributed by atoms with Crippen LogP contribution in [0.1, 0.15) is 20.8 Å². The number of aliphatic hydroxyl groups is 1. The highest BCUT2D eigenvalue weighted by atomic mass is 16.5. The number of ether oxygens (including phenoxy) is 2. The van der Waals surface area contributed by atoms with Crippen molar-refractivity contribution in [2.24, 2.45) is 11.8 Å². The quantitative estimate of drug-likeness (QED) is 0.674. The molecule has 2 unspecified atom stereocenters. The van der Waals surface area contributed by atoms with E-state index in [9.17, 15) is 9.90 Å². The zero-order valence-electron chi connectivity index (χ0n) is 9.53. The minimum absolute atomic E-state index is 0.0726. The molecule has 2 atom stereocenters. The normalized spacial score (nSPS) is 17.6. The van der Waals surface area contributed by atoms with Gasteiger partial charge in [0.25, 0.3) is 0 Å². The van der Waals surface area contributed by atoms with Crippen molar-refractivity contribution >= 4 is 5.97 Å². The van der Waals surface area contributed by atoms with Crippen LogP contribution >= 0.6 is 0 Å². The molecule has 0 aliphatic carbocycles. The summed E-state index contributed by atoms with van der Waals surface area (Å²) in [6.07, 6.45) is 0. The topological polar surface area (TPSA) is 55.8 Å². The summed E-state index contributed by atoms with van der Waals surface area (Å²) < 4.78 is 9.53. The van der Waals surface area contributed by atoms with E-state index in [1.807, 2.05) is 13.8 Å². The van der Waals surface area contributed by atoms with E-state index >= 15 is 0 Å². The predicted octanol–water partition coefficient (Wildman–Crippen LogP) is 0.829. The third-order valence-corrected chi connectivity index (χ3v) is 2.68. The standard InChI is InChI=1S/C10H20O4/c1-7(2)10(12,6-13-4)8(3)9(11)14-5/h7-8,12H,6H2,1-5H3. The molecule has 0 fully saturated rings. The molecule has 0 spiro atoms. The van der Waals surface area contributed by atoms with Crippen LogP contribution in [0, 0.1) is 11.8 Å². The Morgan fingerprint density at radius 1 is 1.36 bits per heavy atom. The van der Waals surface area contributed by atoms with Crippen molar-refractivity contribution in [2.45, 2.75) is 26.4 Å². The lowest BCUT2D eigenvalue weighted by atomic mass is 9.80. The highest BCUT2D eigenvalue weighted by molar-refractivity contribution is 5.73. The van der Waals surface area contributed by atoms with Crippen LogP contribution in [-0.2, 0) is 14.3 Å². The predicted molar refractivity (Wildman–Crippen MR) is 52.8 cm³/mol. The van der Waals surface area contributed by atoms with Crippen LogP contribution in [0.15, 0.2) is 0 Å². The molecule has 1 N–H and O–H groups in total. The lowest BCUT2D eigenvalue weighted by molar-refractivity contribution is -0.164. The van der Waals surface area contributed by atoms with E-state index in [4.69, 9.17) is 4.74 Å². The van der Waals surface area contributed by atoms with Crippen molar-refractivity contribution in [3.63, 3.8) is 0 Å². The van der Waals surface area contributed by atoms with Crippen LogP contribution in [0.2, 0.25) is 0 Å². The van der Waals surface area contributed by atoms with Crippen molar-refractivity contribution in [3.8, 4) is 0 Å². The van der Waals surface area contributed by atoms with Crippen LogP contribution in [0.25, 0.3) is 0 Å². The summed E-state index contributed by atoms with van der Waals surface area (Å²) in [5, 5.41) is 10.2. The molecule has 84 valence electrons. The summed E-state index contributed by atoms with van der Waals surface area (Å²) in [5.41, 5.74) is -1.16. The minimum Gasteiger partial charge on any atom is -0.469 e. The fraction of sp³-hybridized carbons (Fsp3) is 0.900. The maximum Gasteiger partial charge on any atom is 0.311 e. The number of carbonyl (C=O) groups is 1. The summed E-state index contributed by atoms with van der Waals surface area (Å²) >= 11 is 0. The van der Waals surface area contributed by atoms with Crippen LogP contribution in [-0.4, -0.2) is 37.5 Å². The lowest BCUT2D eigenvalue weighted by Gasteiger charge is -2.35. The maximum atomic E-state index is 11.3. The zero-order valence-corrected chi connectivity index (χ0v) is 9.53. The number of hydrogen-bond donors (Lipinski definition) is 1. The Kier molecular flexibility index (Phi) is 5.08. The van der Waals surface area contributed by atoms with Gasteiger partial charge < -0.3 is 14.6 Å². The summed E-state index contributed by atoms with van der Waals surface area (Å²) in [6, 6.07) is 0. The van der Waals surface area contributed by atoms with Crippen molar-refractivity contribution in [3.05, 3.63) is 0 Å². The Labute approximate surface area is 85.2 Å². The van der Waals surface area contributed by atoms with Crippen molar-refractivity contribution < 1.29 is 19.4 Å². The van der Waals surface area contributed by atoms with Gasteiger partial charge in [-0.1, -0.05) is 13.8 Å². The Bertz CT molecular complexity index is 191. The van der Waals surface area contributed by atoms with Gasteiger partial charge in [-0.05, 0) is 12.8 Å². The van der Waals surface area contributed by atoms with E-state index in [2.05, 4.69) is 4.74 Å². The van der Waals surface area contributed by atoms with Crippen LogP contribution in [0.4, 0.5) is 0 Å². The average molecular weight is 204 g/mol. The first kappa shape index (κ1) is 13.4. The molecule has 0 aliphatic rings. The van der Waals surface area contributed by atoms with Crippen LogP contribution in [0.5, 0.6) is 0 Å². The van der Waals surface area contributed by atoms with Crippen molar-refractivity contribution in [1.29, 1.82) is 0 Å². The average Bonchev–Trinajstić information content (AvgIpc) is 2.15. The first-order chi connectivity index (χ1) is 6.40. The Morgan fingerprint density at radius 2 is 1.86 bits per heavy atom. The second-order valence-corrected chi connectivity index (χ2v) is 3.82.